The number of hydrogen-bond donors (Lipinski definition) is 2. The van der Waals surface area contributed by atoms with Crippen LogP contribution in [-0.2, 0) is 18.4 Å². The van der Waals surface area contributed by atoms with E-state index in [9.17, 15) is 19.4 Å². The fraction of sp³-hybridized carbons (Fsp3) is 0.931. The Kier molecular flexibility index (Phi) is 62.7. The number of rotatable bonds is 68. The summed E-state index contributed by atoms with van der Waals surface area (Å²) in [5, 5.41) is 14.1. The zero-order chi connectivity index (χ0) is 59.1. The van der Waals surface area contributed by atoms with Crippen molar-refractivity contribution in [2.45, 2.75) is 392 Å². The Labute approximate surface area is 506 Å². The molecule has 9 heteroatoms. The Hall–Kier alpha value is -1.02. The van der Waals surface area contributed by atoms with Crippen molar-refractivity contribution in [3.05, 3.63) is 24.3 Å². The number of nitrogens with zero attached hydrogens (tertiary/aromatic N) is 1. The minimum atomic E-state index is -4.58. The second-order valence-electron chi connectivity index (χ2n) is 26.3. The van der Waals surface area contributed by atoms with Crippen LogP contribution in [0.1, 0.15) is 380 Å². The highest BCUT2D eigenvalue weighted by molar-refractivity contribution is 7.45. The maximum absolute atomic E-state index is 13.1. The van der Waals surface area contributed by atoms with Gasteiger partial charge in [-0.15, -0.1) is 0 Å². The zero-order valence-corrected chi connectivity index (χ0v) is 56.2. The third-order valence-electron chi connectivity index (χ3n) is 16.9. The number of amides is 1. The molecule has 81 heavy (non-hydrogen) atoms. The lowest BCUT2D eigenvalue weighted by Gasteiger charge is -2.30. The summed E-state index contributed by atoms with van der Waals surface area (Å²) < 4.78 is 23.6. The van der Waals surface area contributed by atoms with Crippen molar-refractivity contribution < 1.29 is 32.9 Å². The molecular formula is C72H143N2O6P. The normalized spacial score (nSPS) is 13.7. The van der Waals surface area contributed by atoms with Crippen LogP contribution in [0, 0.1) is 0 Å². The van der Waals surface area contributed by atoms with Gasteiger partial charge in [0.2, 0.25) is 5.91 Å². The van der Waals surface area contributed by atoms with Crippen molar-refractivity contribution in [1.82, 2.24) is 5.32 Å². The Morgan fingerprint density at radius 1 is 0.432 bits per heavy atom. The van der Waals surface area contributed by atoms with Gasteiger partial charge in [0.1, 0.15) is 13.2 Å². The Morgan fingerprint density at radius 2 is 0.716 bits per heavy atom. The lowest BCUT2D eigenvalue weighted by Crippen LogP contribution is -2.46. The smallest absolute Gasteiger partial charge is 0.268 e. The van der Waals surface area contributed by atoms with Crippen molar-refractivity contribution in [2.24, 2.45) is 0 Å². The summed E-state index contributed by atoms with van der Waals surface area (Å²) in [4.78, 5) is 25.7. The van der Waals surface area contributed by atoms with Crippen LogP contribution < -0.4 is 10.2 Å². The Morgan fingerprint density at radius 3 is 1.02 bits per heavy atom. The topological polar surface area (TPSA) is 108 Å². The third kappa shape index (κ3) is 66.4. The summed E-state index contributed by atoms with van der Waals surface area (Å²) >= 11 is 0. The highest BCUT2D eigenvalue weighted by atomic mass is 31.2. The van der Waals surface area contributed by atoms with Crippen LogP contribution in [0.25, 0.3) is 0 Å². The number of carbonyl (C=O) groups excluding carboxylic acids is 1. The Balaban J connectivity index is 3.98. The number of allylic oxidation sites excluding steroid dienone is 4. The minimum absolute atomic E-state index is 0.0145. The van der Waals surface area contributed by atoms with Crippen LogP contribution in [0.15, 0.2) is 24.3 Å². The summed E-state index contributed by atoms with van der Waals surface area (Å²) in [7, 11) is 1.32. The number of hydrogen-bond acceptors (Lipinski definition) is 6. The van der Waals surface area contributed by atoms with Crippen molar-refractivity contribution in [1.29, 1.82) is 0 Å². The molecular weight excluding hydrogens is 1020 g/mol. The zero-order valence-electron chi connectivity index (χ0n) is 55.3. The van der Waals surface area contributed by atoms with E-state index in [4.69, 9.17) is 9.05 Å². The van der Waals surface area contributed by atoms with Gasteiger partial charge in [-0.05, 0) is 44.9 Å². The number of aliphatic hydroxyl groups is 1. The van der Waals surface area contributed by atoms with Gasteiger partial charge in [-0.25, -0.2) is 0 Å². The monoisotopic (exact) mass is 1160 g/mol. The fourth-order valence-electron chi connectivity index (χ4n) is 11.3. The average Bonchev–Trinajstić information content (AvgIpc) is 3.43. The molecule has 0 heterocycles. The molecule has 8 nitrogen and oxygen atoms in total. The first kappa shape index (κ1) is 80.0. The standard InChI is InChI=1S/C72H143N2O6P/c1-6-8-10-12-14-16-18-20-22-24-26-28-30-32-34-35-36-37-38-40-41-43-45-47-49-51-53-55-57-59-61-63-65-71(75)70(69-80-81(77,78)79-68-67-74(3,4)5)73-72(76)66-64-62-60-58-56-54-52-50-48-46-44-42-39-33-31-29-27-25-23-21-19-17-15-13-11-9-7-2/h19,21,25,27,70-71,75H,6-18,20,22-24,26,28-69H2,1-5H3,(H-,73,76,77,78)/b21-19-,27-25-. The molecule has 0 aromatic heterocycles. The highest BCUT2D eigenvalue weighted by Crippen LogP contribution is 2.38. The van der Waals surface area contributed by atoms with Gasteiger partial charge in [-0.2, -0.15) is 0 Å². The third-order valence-corrected chi connectivity index (χ3v) is 17.9. The maximum Gasteiger partial charge on any atom is 0.268 e. The SMILES string of the molecule is CCCCCCC/C=C\C/C=C\CCCCCCCCCCCCCCCCCC(=O)NC(COP(=O)([O-])OCC[N+](C)(C)C)C(O)CCCCCCCCCCCCCCCCCCCCCCCCCCCCCCCCCC. The molecule has 0 bridgehead atoms. The van der Waals surface area contributed by atoms with Gasteiger partial charge in [0.05, 0.1) is 39.9 Å². The van der Waals surface area contributed by atoms with E-state index in [1.165, 1.54) is 308 Å². The molecule has 482 valence electrons. The van der Waals surface area contributed by atoms with Crippen molar-refractivity contribution in [3.63, 3.8) is 0 Å². The van der Waals surface area contributed by atoms with E-state index < -0.39 is 20.0 Å². The lowest BCUT2D eigenvalue weighted by atomic mass is 10.0. The first-order valence-electron chi connectivity index (χ1n) is 36.2. The predicted octanol–water partition coefficient (Wildman–Crippen LogP) is 22.4. The van der Waals surface area contributed by atoms with Crippen molar-refractivity contribution in [2.75, 3.05) is 40.9 Å². The summed E-state index contributed by atoms with van der Waals surface area (Å²) in [5.74, 6) is -0.157. The molecule has 0 aliphatic carbocycles. The van der Waals surface area contributed by atoms with Crippen LogP contribution in [-0.4, -0.2) is 68.5 Å². The lowest BCUT2D eigenvalue weighted by molar-refractivity contribution is -0.870. The Bertz CT molecular complexity index is 1370. The van der Waals surface area contributed by atoms with Crippen LogP contribution in [0.5, 0.6) is 0 Å². The number of phosphoric ester groups is 1. The van der Waals surface area contributed by atoms with Gasteiger partial charge < -0.3 is 28.8 Å². The van der Waals surface area contributed by atoms with Gasteiger partial charge in [0.15, 0.2) is 0 Å². The van der Waals surface area contributed by atoms with Crippen LogP contribution in [0.2, 0.25) is 0 Å². The van der Waals surface area contributed by atoms with E-state index in [1.54, 1.807) is 0 Å². The second kappa shape index (κ2) is 63.5. The first-order chi connectivity index (χ1) is 39.5. The van der Waals surface area contributed by atoms with E-state index in [0.29, 0.717) is 23.9 Å². The molecule has 0 rings (SSSR count). The van der Waals surface area contributed by atoms with Gasteiger partial charge in [0.25, 0.3) is 7.82 Å². The molecule has 0 radical (unpaired) electrons. The number of carbonyl (C=O) groups is 1. The van der Waals surface area contributed by atoms with Gasteiger partial charge in [-0.1, -0.05) is 353 Å². The van der Waals surface area contributed by atoms with E-state index in [2.05, 4.69) is 43.5 Å². The van der Waals surface area contributed by atoms with E-state index in [0.717, 1.165) is 44.9 Å². The second-order valence-corrected chi connectivity index (χ2v) is 27.7. The molecule has 1 amide bonds. The molecule has 0 saturated heterocycles. The number of likely N-dealkylation sites (N-methyl/N-ethyl adjacent to an activating group) is 1. The molecule has 0 spiro atoms. The predicted molar refractivity (Wildman–Crippen MR) is 353 cm³/mol. The highest BCUT2D eigenvalue weighted by Gasteiger charge is 2.24. The van der Waals surface area contributed by atoms with Crippen molar-refractivity contribution >= 4 is 13.7 Å². The molecule has 3 atom stereocenters. The number of unbranched alkanes of at least 4 members (excludes halogenated alkanes) is 51. The molecule has 0 fully saturated rings. The molecule has 2 N–H and O–H groups in total. The maximum atomic E-state index is 13.1. The minimum Gasteiger partial charge on any atom is -0.756 e. The molecule has 0 aliphatic rings. The van der Waals surface area contributed by atoms with E-state index >= 15 is 0 Å². The summed E-state index contributed by atoms with van der Waals surface area (Å²) in [6, 6.07) is -0.801. The molecule has 0 saturated carbocycles. The number of quaternary nitrogens is 1. The summed E-state index contributed by atoms with van der Waals surface area (Å²) in [6.07, 6.45) is 82.6. The average molecular weight is 1160 g/mol. The number of nitrogens with one attached hydrogen (secondary N) is 1. The van der Waals surface area contributed by atoms with Gasteiger partial charge in [0, 0.05) is 6.42 Å². The largest absolute Gasteiger partial charge is 0.756 e. The van der Waals surface area contributed by atoms with Crippen LogP contribution >= 0.6 is 7.82 Å². The van der Waals surface area contributed by atoms with Crippen LogP contribution in [0.4, 0.5) is 0 Å². The molecule has 0 aliphatic heterocycles. The fourth-order valence-corrected chi connectivity index (χ4v) is 12.0. The quantitative estimate of drug-likeness (QED) is 0.0272. The van der Waals surface area contributed by atoms with E-state index in [-0.39, 0.29) is 19.1 Å². The van der Waals surface area contributed by atoms with Crippen molar-refractivity contribution in [3.8, 4) is 0 Å². The molecule has 0 aromatic carbocycles. The summed E-state index contributed by atoms with van der Waals surface area (Å²) in [5.41, 5.74) is 0. The van der Waals surface area contributed by atoms with E-state index in [1.807, 2.05) is 21.1 Å². The first-order valence-corrected chi connectivity index (χ1v) is 37.6. The summed E-state index contributed by atoms with van der Waals surface area (Å²) in [6.45, 7) is 4.78. The van der Waals surface area contributed by atoms with Crippen LogP contribution in [0.3, 0.4) is 0 Å². The molecule has 0 aromatic rings. The van der Waals surface area contributed by atoms with Gasteiger partial charge >= 0.3 is 0 Å². The number of aliphatic hydroxyl groups excluding tert-OH is 1. The van der Waals surface area contributed by atoms with Gasteiger partial charge in [-0.3, -0.25) is 9.36 Å². The number of phosphoric acid groups is 1. The molecule has 3 unspecified atom stereocenters.